The van der Waals surface area contributed by atoms with Gasteiger partial charge in [-0.2, -0.15) is 0 Å². The van der Waals surface area contributed by atoms with Gasteiger partial charge in [-0.1, -0.05) is 97.1 Å². The zero-order chi connectivity index (χ0) is 35.6. The standard InChI is InChI=1S/C44H30N4O4/c1-27(49)51-35-17-9-15-33(23-35)43-41(29-11-5-3-6-12-29)45-37-21-19-31(25-39(37)47-43)32-20-22-38-40(26-32)48-44(42(46-38)30-13-7-4-8-14-30)34-16-10-18-36(24-34)52-28(2)50/h3-26H,1-2H3. The van der Waals surface area contributed by atoms with Crippen LogP contribution < -0.4 is 9.47 Å². The van der Waals surface area contributed by atoms with Gasteiger partial charge < -0.3 is 9.47 Å². The van der Waals surface area contributed by atoms with Crippen LogP contribution in [-0.4, -0.2) is 31.9 Å². The van der Waals surface area contributed by atoms with E-state index in [9.17, 15) is 9.59 Å². The molecule has 0 aliphatic heterocycles. The Hall–Kier alpha value is -7.06. The van der Waals surface area contributed by atoms with Crippen molar-refractivity contribution < 1.29 is 19.1 Å². The average molecular weight is 679 g/mol. The summed E-state index contributed by atoms with van der Waals surface area (Å²) in [6.45, 7) is 2.76. The van der Waals surface area contributed by atoms with E-state index < -0.39 is 11.9 Å². The van der Waals surface area contributed by atoms with Gasteiger partial charge in [0.15, 0.2) is 0 Å². The normalized spacial score (nSPS) is 11.0. The van der Waals surface area contributed by atoms with Gasteiger partial charge in [0.1, 0.15) is 11.5 Å². The highest BCUT2D eigenvalue weighted by molar-refractivity contribution is 5.92. The molecule has 0 bridgehead atoms. The molecule has 0 N–H and O–H groups in total. The molecule has 0 saturated heterocycles. The smallest absolute Gasteiger partial charge is 0.308 e. The molecular weight excluding hydrogens is 649 g/mol. The second kappa shape index (κ2) is 13.7. The lowest BCUT2D eigenvalue weighted by Gasteiger charge is -2.13. The molecule has 8 nitrogen and oxygen atoms in total. The fourth-order valence-corrected chi connectivity index (χ4v) is 6.21. The first-order chi connectivity index (χ1) is 25.4. The predicted molar refractivity (Wildman–Crippen MR) is 202 cm³/mol. The molecule has 52 heavy (non-hydrogen) atoms. The van der Waals surface area contributed by atoms with Crippen LogP contribution in [0.5, 0.6) is 11.5 Å². The first-order valence-corrected chi connectivity index (χ1v) is 16.7. The third-order valence-electron chi connectivity index (χ3n) is 8.49. The molecule has 6 aromatic carbocycles. The first-order valence-electron chi connectivity index (χ1n) is 16.7. The van der Waals surface area contributed by atoms with Crippen LogP contribution in [0.3, 0.4) is 0 Å². The monoisotopic (exact) mass is 678 g/mol. The van der Waals surface area contributed by atoms with E-state index in [1.807, 2.05) is 121 Å². The molecule has 0 atom stereocenters. The van der Waals surface area contributed by atoms with Gasteiger partial charge in [0.2, 0.25) is 0 Å². The van der Waals surface area contributed by atoms with Gasteiger partial charge >= 0.3 is 11.9 Å². The zero-order valence-corrected chi connectivity index (χ0v) is 28.3. The van der Waals surface area contributed by atoms with Crippen molar-refractivity contribution in [3.63, 3.8) is 0 Å². The number of hydrogen-bond acceptors (Lipinski definition) is 8. The Morgan fingerprint density at radius 1 is 0.365 bits per heavy atom. The van der Waals surface area contributed by atoms with Crippen molar-refractivity contribution in [3.8, 4) is 67.7 Å². The fraction of sp³-hybridized carbons (Fsp3) is 0.0455. The van der Waals surface area contributed by atoms with Crippen molar-refractivity contribution in [1.29, 1.82) is 0 Å². The topological polar surface area (TPSA) is 104 Å². The predicted octanol–water partition coefficient (Wildman–Crippen LogP) is 9.76. The van der Waals surface area contributed by atoms with Gasteiger partial charge in [-0.3, -0.25) is 9.59 Å². The maximum Gasteiger partial charge on any atom is 0.308 e. The van der Waals surface area contributed by atoms with Crippen molar-refractivity contribution in [3.05, 3.63) is 146 Å². The van der Waals surface area contributed by atoms with Gasteiger partial charge in [0, 0.05) is 36.1 Å². The molecule has 8 rings (SSSR count). The highest BCUT2D eigenvalue weighted by Gasteiger charge is 2.17. The Morgan fingerprint density at radius 2 is 0.731 bits per heavy atom. The zero-order valence-electron chi connectivity index (χ0n) is 28.3. The third-order valence-corrected chi connectivity index (χ3v) is 8.49. The van der Waals surface area contributed by atoms with E-state index in [1.54, 1.807) is 24.3 Å². The van der Waals surface area contributed by atoms with E-state index in [0.717, 1.165) is 55.8 Å². The number of carbonyl (C=O) groups is 2. The van der Waals surface area contributed by atoms with Crippen LogP contribution >= 0.6 is 0 Å². The summed E-state index contributed by atoms with van der Waals surface area (Å²) in [5.41, 5.74) is 10.9. The summed E-state index contributed by atoms with van der Waals surface area (Å²) >= 11 is 0. The van der Waals surface area contributed by atoms with Gasteiger partial charge in [0.25, 0.3) is 0 Å². The van der Waals surface area contributed by atoms with E-state index >= 15 is 0 Å². The summed E-state index contributed by atoms with van der Waals surface area (Å²) in [5.74, 6) is 0.0806. The summed E-state index contributed by atoms with van der Waals surface area (Å²) < 4.78 is 10.8. The molecule has 2 aromatic heterocycles. The molecular formula is C44H30N4O4. The van der Waals surface area contributed by atoms with Crippen molar-refractivity contribution in [2.75, 3.05) is 0 Å². The summed E-state index contributed by atoms with van der Waals surface area (Å²) in [6, 6.07) is 46.5. The summed E-state index contributed by atoms with van der Waals surface area (Å²) in [4.78, 5) is 43.9. The maximum atomic E-state index is 11.7. The number of hydrogen-bond donors (Lipinski definition) is 0. The second-order valence-electron chi connectivity index (χ2n) is 12.2. The SMILES string of the molecule is CC(=O)Oc1cccc(-c2nc3cc(-c4ccc5nc(-c6ccccc6)c(-c6cccc(OC(C)=O)c6)nc5c4)ccc3nc2-c2ccccc2)c1. The number of benzene rings is 6. The molecule has 0 amide bonds. The summed E-state index contributed by atoms with van der Waals surface area (Å²) in [6.07, 6.45) is 0. The molecule has 0 unspecified atom stereocenters. The van der Waals surface area contributed by atoms with Crippen LogP contribution in [0, 0.1) is 0 Å². The Labute approximate surface area is 299 Å². The molecule has 8 aromatic rings. The van der Waals surface area contributed by atoms with E-state index in [0.29, 0.717) is 33.9 Å². The third kappa shape index (κ3) is 6.60. The first kappa shape index (κ1) is 32.2. The minimum Gasteiger partial charge on any atom is -0.427 e. The van der Waals surface area contributed by atoms with Crippen molar-refractivity contribution >= 4 is 34.0 Å². The summed E-state index contributed by atoms with van der Waals surface area (Å²) in [5, 5.41) is 0. The van der Waals surface area contributed by atoms with Gasteiger partial charge in [-0.25, -0.2) is 19.9 Å². The fourth-order valence-electron chi connectivity index (χ4n) is 6.21. The van der Waals surface area contributed by atoms with E-state index in [1.165, 1.54) is 13.8 Å². The van der Waals surface area contributed by atoms with Crippen molar-refractivity contribution in [1.82, 2.24) is 19.9 Å². The van der Waals surface area contributed by atoms with Crippen molar-refractivity contribution in [2.45, 2.75) is 13.8 Å². The number of esters is 2. The summed E-state index contributed by atoms with van der Waals surface area (Å²) in [7, 11) is 0. The minimum atomic E-state index is -0.395. The van der Waals surface area contributed by atoms with Crippen LogP contribution in [0.15, 0.2) is 146 Å². The lowest BCUT2D eigenvalue weighted by molar-refractivity contribution is -0.132. The minimum absolute atomic E-state index is 0.395. The molecule has 8 heteroatoms. The molecule has 0 aliphatic carbocycles. The number of rotatable bonds is 7. The van der Waals surface area contributed by atoms with E-state index in [2.05, 4.69) is 0 Å². The van der Waals surface area contributed by atoms with E-state index in [4.69, 9.17) is 29.4 Å². The lowest BCUT2D eigenvalue weighted by atomic mass is 10.0. The molecule has 2 heterocycles. The quantitative estimate of drug-likeness (QED) is 0.121. The number of carbonyl (C=O) groups excluding carboxylic acids is 2. The molecule has 0 radical (unpaired) electrons. The van der Waals surface area contributed by atoms with Gasteiger partial charge in [-0.15, -0.1) is 0 Å². The Morgan fingerprint density at radius 3 is 1.13 bits per heavy atom. The Kier molecular flexibility index (Phi) is 8.46. The molecule has 250 valence electrons. The highest BCUT2D eigenvalue weighted by atomic mass is 16.5. The number of aromatic nitrogens is 4. The van der Waals surface area contributed by atoms with Crippen LogP contribution in [0.25, 0.3) is 78.2 Å². The van der Waals surface area contributed by atoms with Gasteiger partial charge in [0.05, 0.1) is 44.8 Å². The number of nitrogens with zero attached hydrogens (tertiary/aromatic N) is 4. The maximum absolute atomic E-state index is 11.7. The molecule has 0 spiro atoms. The number of ether oxygens (including phenoxy) is 2. The number of fused-ring (bicyclic) bond motifs is 2. The van der Waals surface area contributed by atoms with Crippen molar-refractivity contribution in [2.24, 2.45) is 0 Å². The molecule has 0 fully saturated rings. The van der Waals surface area contributed by atoms with Crippen LogP contribution in [-0.2, 0) is 9.59 Å². The molecule has 0 saturated carbocycles. The molecule has 0 aliphatic rings. The second-order valence-corrected chi connectivity index (χ2v) is 12.2. The largest absolute Gasteiger partial charge is 0.427 e. The van der Waals surface area contributed by atoms with Crippen LogP contribution in [0.1, 0.15) is 13.8 Å². The van der Waals surface area contributed by atoms with Gasteiger partial charge in [-0.05, 0) is 59.7 Å². The van der Waals surface area contributed by atoms with E-state index in [-0.39, 0.29) is 0 Å². The Bertz CT molecular complexity index is 2460. The Balaban J connectivity index is 1.26. The average Bonchev–Trinajstić information content (AvgIpc) is 3.17. The van der Waals surface area contributed by atoms with Crippen LogP contribution in [0.2, 0.25) is 0 Å². The van der Waals surface area contributed by atoms with Crippen LogP contribution in [0.4, 0.5) is 0 Å². The highest BCUT2D eigenvalue weighted by Crippen LogP contribution is 2.36. The lowest BCUT2D eigenvalue weighted by Crippen LogP contribution is -2.02.